The van der Waals surface area contributed by atoms with Crippen LogP contribution in [0.15, 0.2) is 24.6 Å². The Kier molecular flexibility index (Phi) is 2.46. The topological polar surface area (TPSA) is 99.1 Å². The molecule has 0 bridgehead atoms. The van der Waals surface area contributed by atoms with Gasteiger partial charge in [0.25, 0.3) is 0 Å². The highest BCUT2D eigenvalue weighted by Gasteiger charge is 2.30. The molecule has 2 unspecified atom stereocenters. The van der Waals surface area contributed by atoms with E-state index in [0.717, 1.165) is 0 Å². The van der Waals surface area contributed by atoms with Crippen LogP contribution in [0.3, 0.4) is 0 Å². The average Bonchev–Trinajstić information content (AvgIpc) is 2.93. The van der Waals surface area contributed by atoms with Crippen molar-refractivity contribution in [3.8, 4) is 0 Å². The molecule has 2 atom stereocenters. The standard InChI is InChI=1S/C10H10FN5O2/c11-6-1-5(2-17)18-10(6)16-4-15-7-8(12)13-3-14-9(7)16/h1,3-5,10,17H,2H2,(H2,12,13,14). The lowest BCUT2D eigenvalue weighted by Crippen LogP contribution is -2.16. The molecule has 3 N–H and O–H groups in total. The molecule has 0 spiro atoms. The van der Waals surface area contributed by atoms with Gasteiger partial charge in [0.15, 0.2) is 17.7 Å². The summed E-state index contributed by atoms with van der Waals surface area (Å²) >= 11 is 0. The number of halogens is 1. The van der Waals surface area contributed by atoms with E-state index in [0.29, 0.717) is 11.2 Å². The summed E-state index contributed by atoms with van der Waals surface area (Å²) in [7, 11) is 0. The fourth-order valence-electron chi connectivity index (χ4n) is 1.87. The molecule has 3 rings (SSSR count). The number of anilines is 1. The number of hydrogen-bond donors (Lipinski definition) is 2. The van der Waals surface area contributed by atoms with E-state index < -0.39 is 18.2 Å². The Morgan fingerprint density at radius 1 is 1.44 bits per heavy atom. The van der Waals surface area contributed by atoms with Crippen LogP contribution >= 0.6 is 0 Å². The van der Waals surface area contributed by atoms with Crippen LogP contribution in [-0.4, -0.2) is 37.3 Å². The molecule has 1 aliphatic rings. The molecule has 18 heavy (non-hydrogen) atoms. The zero-order valence-electron chi connectivity index (χ0n) is 9.19. The van der Waals surface area contributed by atoms with E-state index in [4.69, 9.17) is 15.6 Å². The first-order chi connectivity index (χ1) is 8.70. The van der Waals surface area contributed by atoms with Crippen molar-refractivity contribution in [1.29, 1.82) is 0 Å². The van der Waals surface area contributed by atoms with Crippen molar-refractivity contribution in [2.24, 2.45) is 0 Å². The molecule has 0 aliphatic carbocycles. The monoisotopic (exact) mass is 251 g/mol. The van der Waals surface area contributed by atoms with Crippen molar-refractivity contribution in [3.05, 3.63) is 24.6 Å². The van der Waals surface area contributed by atoms with Gasteiger partial charge in [0.1, 0.15) is 23.8 Å². The van der Waals surface area contributed by atoms with Crippen molar-refractivity contribution < 1.29 is 14.2 Å². The Labute approximate surface area is 101 Å². The number of aliphatic hydroxyl groups is 1. The van der Waals surface area contributed by atoms with Gasteiger partial charge in [-0.25, -0.2) is 19.3 Å². The number of aliphatic hydroxyl groups excluding tert-OH is 1. The number of nitrogens with zero attached hydrogens (tertiary/aromatic N) is 4. The molecule has 3 heterocycles. The Bertz CT molecular complexity index is 626. The zero-order chi connectivity index (χ0) is 12.7. The van der Waals surface area contributed by atoms with Crippen LogP contribution < -0.4 is 5.73 Å². The number of ether oxygens (including phenoxy) is 1. The number of aromatic nitrogens is 4. The minimum Gasteiger partial charge on any atom is -0.393 e. The fraction of sp³-hybridized carbons (Fsp3) is 0.300. The van der Waals surface area contributed by atoms with Gasteiger partial charge in [-0.05, 0) is 6.08 Å². The highest BCUT2D eigenvalue weighted by atomic mass is 19.1. The number of nitrogens with two attached hydrogens (primary N) is 1. The largest absolute Gasteiger partial charge is 0.393 e. The fourth-order valence-corrected chi connectivity index (χ4v) is 1.87. The second kappa shape index (κ2) is 4.00. The lowest BCUT2D eigenvalue weighted by molar-refractivity contribution is -0.0174. The molecular formula is C10H10FN5O2. The van der Waals surface area contributed by atoms with E-state index in [-0.39, 0.29) is 12.4 Å². The first-order valence-corrected chi connectivity index (χ1v) is 5.27. The van der Waals surface area contributed by atoms with Crippen LogP contribution in [0.5, 0.6) is 0 Å². The van der Waals surface area contributed by atoms with Gasteiger partial charge in [-0.15, -0.1) is 0 Å². The van der Waals surface area contributed by atoms with Gasteiger partial charge in [-0.1, -0.05) is 0 Å². The van der Waals surface area contributed by atoms with Crippen molar-refractivity contribution in [1.82, 2.24) is 19.5 Å². The summed E-state index contributed by atoms with van der Waals surface area (Å²) in [6, 6.07) is 0. The van der Waals surface area contributed by atoms with Crippen molar-refractivity contribution >= 4 is 17.0 Å². The SMILES string of the molecule is Nc1ncnc2c1ncn2C1OC(CO)C=C1F. The van der Waals surface area contributed by atoms with Crippen LogP contribution in [-0.2, 0) is 4.74 Å². The lowest BCUT2D eigenvalue weighted by atomic mass is 10.3. The van der Waals surface area contributed by atoms with Crippen molar-refractivity contribution in [2.75, 3.05) is 12.3 Å². The number of nitrogen functional groups attached to an aromatic ring is 1. The molecule has 7 nitrogen and oxygen atoms in total. The van der Waals surface area contributed by atoms with Crippen LogP contribution in [0.2, 0.25) is 0 Å². The summed E-state index contributed by atoms with van der Waals surface area (Å²) in [5.41, 5.74) is 6.41. The maximum absolute atomic E-state index is 13.7. The molecule has 1 aliphatic heterocycles. The molecule has 94 valence electrons. The zero-order valence-corrected chi connectivity index (χ0v) is 9.19. The third-order valence-electron chi connectivity index (χ3n) is 2.70. The van der Waals surface area contributed by atoms with E-state index in [2.05, 4.69) is 15.0 Å². The molecular weight excluding hydrogens is 241 g/mol. The molecule has 0 amide bonds. The van der Waals surface area contributed by atoms with E-state index in [1.807, 2.05) is 0 Å². The van der Waals surface area contributed by atoms with Crippen molar-refractivity contribution in [2.45, 2.75) is 12.3 Å². The summed E-state index contributed by atoms with van der Waals surface area (Å²) < 4.78 is 20.4. The number of fused-ring (bicyclic) bond motifs is 1. The second-order valence-electron chi connectivity index (χ2n) is 3.84. The van der Waals surface area contributed by atoms with Gasteiger partial charge in [-0.3, -0.25) is 4.57 Å². The number of imidazole rings is 1. The molecule has 2 aromatic rings. The van der Waals surface area contributed by atoms with Crippen LogP contribution in [0.1, 0.15) is 6.23 Å². The van der Waals surface area contributed by atoms with E-state index >= 15 is 0 Å². The molecule has 8 heteroatoms. The first kappa shape index (κ1) is 11.1. The van der Waals surface area contributed by atoms with Crippen LogP contribution in [0, 0.1) is 0 Å². The highest BCUT2D eigenvalue weighted by Crippen LogP contribution is 2.32. The Balaban J connectivity index is 2.06. The Morgan fingerprint density at radius 3 is 3.00 bits per heavy atom. The maximum Gasteiger partial charge on any atom is 0.189 e. The predicted molar refractivity (Wildman–Crippen MR) is 59.9 cm³/mol. The third kappa shape index (κ3) is 1.54. The predicted octanol–water partition coefficient (Wildman–Crippen LogP) is 0.152. The van der Waals surface area contributed by atoms with Gasteiger partial charge in [0.05, 0.1) is 12.9 Å². The molecule has 0 radical (unpaired) electrons. The van der Waals surface area contributed by atoms with Crippen LogP contribution in [0.4, 0.5) is 10.2 Å². The molecule has 0 saturated heterocycles. The van der Waals surface area contributed by atoms with Crippen molar-refractivity contribution in [3.63, 3.8) is 0 Å². The summed E-state index contributed by atoms with van der Waals surface area (Å²) in [6.45, 7) is -0.284. The summed E-state index contributed by atoms with van der Waals surface area (Å²) in [5, 5.41) is 8.95. The highest BCUT2D eigenvalue weighted by molar-refractivity contribution is 5.81. The van der Waals surface area contributed by atoms with E-state index in [9.17, 15) is 4.39 Å². The Morgan fingerprint density at radius 2 is 2.28 bits per heavy atom. The van der Waals surface area contributed by atoms with E-state index in [1.165, 1.54) is 23.3 Å². The summed E-state index contributed by atoms with van der Waals surface area (Å²) in [6.07, 6.45) is 2.25. The van der Waals surface area contributed by atoms with Gasteiger partial charge >= 0.3 is 0 Å². The van der Waals surface area contributed by atoms with Gasteiger partial charge in [0, 0.05) is 0 Å². The van der Waals surface area contributed by atoms with Gasteiger partial charge in [0.2, 0.25) is 0 Å². The lowest BCUT2D eigenvalue weighted by Gasteiger charge is -2.14. The third-order valence-corrected chi connectivity index (χ3v) is 2.70. The second-order valence-corrected chi connectivity index (χ2v) is 3.84. The van der Waals surface area contributed by atoms with Gasteiger partial charge in [-0.2, -0.15) is 0 Å². The molecule has 2 aromatic heterocycles. The summed E-state index contributed by atoms with van der Waals surface area (Å²) in [5.74, 6) is -0.273. The molecule has 0 aromatic carbocycles. The maximum atomic E-state index is 13.7. The minimum absolute atomic E-state index is 0.222. The smallest absolute Gasteiger partial charge is 0.189 e. The number of hydrogen-bond acceptors (Lipinski definition) is 6. The van der Waals surface area contributed by atoms with Gasteiger partial charge < -0.3 is 15.6 Å². The Hall–Kier alpha value is -2.06. The number of rotatable bonds is 2. The molecule has 0 saturated carbocycles. The molecule has 0 fully saturated rings. The summed E-state index contributed by atoms with van der Waals surface area (Å²) in [4.78, 5) is 11.8. The first-order valence-electron chi connectivity index (χ1n) is 5.27. The quantitative estimate of drug-likeness (QED) is 0.788. The van der Waals surface area contributed by atoms with Crippen LogP contribution in [0.25, 0.3) is 11.2 Å². The minimum atomic E-state index is -0.971. The normalized spacial score (nSPS) is 23.6. The van der Waals surface area contributed by atoms with E-state index in [1.54, 1.807) is 0 Å². The average molecular weight is 251 g/mol.